The molecule has 1 saturated heterocycles. The fourth-order valence-corrected chi connectivity index (χ4v) is 5.64. The predicted molar refractivity (Wildman–Crippen MR) is 123 cm³/mol. The monoisotopic (exact) mass is 483 g/mol. The molecule has 11 heteroatoms. The van der Waals surface area contributed by atoms with Crippen molar-refractivity contribution in [2.75, 3.05) is 37.0 Å². The first-order valence-corrected chi connectivity index (χ1v) is 12.0. The summed E-state index contributed by atoms with van der Waals surface area (Å²) in [6, 6.07) is 6.29. The number of nitrogens with one attached hydrogen (secondary N) is 1. The summed E-state index contributed by atoms with van der Waals surface area (Å²) in [4.78, 5) is 7.05. The fourth-order valence-electron chi connectivity index (χ4n) is 5.64. The van der Waals surface area contributed by atoms with E-state index in [0.29, 0.717) is 42.6 Å². The van der Waals surface area contributed by atoms with Crippen molar-refractivity contribution < 1.29 is 18.3 Å². The van der Waals surface area contributed by atoms with E-state index in [-0.39, 0.29) is 11.6 Å². The average Bonchev–Trinajstić information content (AvgIpc) is 3.28. The SMILES string of the molecule is COc1cc(N2C[C@H]3CC[C@@H](C2)C3Nc2nc3n(n2)CCCO[C@H]3c2cccc(F)c2F)cnn1. The third-order valence-corrected chi connectivity index (χ3v) is 7.32. The summed E-state index contributed by atoms with van der Waals surface area (Å²) in [6.07, 6.45) is 3.92. The summed E-state index contributed by atoms with van der Waals surface area (Å²) in [5, 5.41) is 16.3. The highest BCUT2D eigenvalue weighted by molar-refractivity contribution is 5.48. The molecule has 2 fully saturated rings. The Morgan fingerprint density at radius 2 is 2.00 bits per heavy atom. The van der Waals surface area contributed by atoms with E-state index in [2.05, 4.69) is 25.5 Å². The van der Waals surface area contributed by atoms with Gasteiger partial charge in [0, 0.05) is 43.9 Å². The van der Waals surface area contributed by atoms with E-state index in [1.54, 1.807) is 24.1 Å². The number of piperidine rings is 1. The first-order valence-electron chi connectivity index (χ1n) is 12.0. The number of methoxy groups -OCH3 is 1. The van der Waals surface area contributed by atoms with Crippen LogP contribution in [-0.2, 0) is 11.3 Å². The second-order valence-corrected chi connectivity index (χ2v) is 9.39. The fraction of sp³-hybridized carbons (Fsp3) is 0.500. The Labute approximate surface area is 201 Å². The normalized spacial score (nSPS) is 25.7. The van der Waals surface area contributed by atoms with Gasteiger partial charge in [0.25, 0.3) is 0 Å². The van der Waals surface area contributed by atoms with Gasteiger partial charge in [-0.05, 0) is 37.2 Å². The quantitative estimate of drug-likeness (QED) is 0.592. The number of aromatic nitrogens is 5. The highest BCUT2D eigenvalue weighted by atomic mass is 19.2. The maximum absolute atomic E-state index is 14.6. The van der Waals surface area contributed by atoms with Gasteiger partial charge in [0.2, 0.25) is 11.8 Å². The molecule has 184 valence electrons. The van der Waals surface area contributed by atoms with Gasteiger partial charge in [0.15, 0.2) is 17.5 Å². The van der Waals surface area contributed by atoms with E-state index >= 15 is 0 Å². The highest BCUT2D eigenvalue weighted by Gasteiger charge is 2.43. The molecule has 4 heterocycles. The third-order valence-electron chi connectivity index (χ3n) is 7.32. The molecule has 0 spiro atoms. The number of nitrogens with zero attached hydrogens (tertiary/aromatic N) is 6. The van der Waals surface area contributed by atoms with Gasteiger partial charge in [-0.25, -0.2) is 13.5 Å². The molecule has 1 aliphatic carbocycles. The molecule has 0 radical (unpaired) electrons. The molecule has 2 aliphatic heterocycles. The van der Waals surface area contributed by atoms with E-state index < -0.39 is 17.7 Å². The average molecular weight is 484 g/mol. The topological polar surface area (TPSA) is 90.2 Å². The van der Waals surface area contributed by atoms with E-state index in [1.807, 2.05) is 6.07 Å². The minimum Gasteiger partial charge on any atom is -0.480 e. The van der Waals surface area contributed by atoms with E-state index in [1.165, 1.54) is 6.07 Å². The Morgan fingerprint density at radius 1 is 1.17 bits per heavy atom. The lowest BCUT2D eigenvalue weighted by Crippen LogP contribution is -2.48. The Hall–Kier alpha value is -3.34. The highest BCUT2D eigenvalue weighted by Crippen LogP contribution is 2.40. The smallest absolute Gasteiger partial charge is 0.242 e. The van der Waals surface area contributed by atoms with E-state index in [9.17, 15) is 8.78 Å². The molecule has 6 rings (SSSR count). The van der Waals surface area contributed by atoms with Crippen molar-refractivity contribution in [3.8, 4) is 5.88 Å². The van der Waals surface area contributed by atoms with Crippen molar-refractivity contribution >= 4 is 11.6 Å². The van der Waals surface area contributed by atoms with Crippen LogP contribution in [0.15, 0.2) is 30.5 Å². The molecule has 1 unspecified atom stereocenters. The molecule has 1 saturated carbocycles. The molecule has 0 amide bonds. The van der Waals surface area contributed by atoms with Gasteiger partial charge in [-0.15, -0.1) is 10.2 Å². The van der Waals surface area contributed by atoms with Gasteiger partial charge in [0.05, 0.1) is 19.0 Å². The number of hydrogen-bond acceptors (Lipinski definition) is 8. The number of halogens is 2. The minimum atomic E-state index is -0.906. The van der Waals surface area contributed by atoms with Gasteiger partial charge in [-0.1, -0.05) is 12.1 Å². The molecule has 2 bridgehead atoms. The second kappa shape index (κ2) is 9.03. The number of benzene rings is 1. The molecule has 3 aliphatic rings. The maximum atomic E-state index is 14.6. The van der Waals surface area contributed by atoms with Crippen LogP contribution >= 0.6 is 0 Å². The van der Waals surface area contributed by atoms with Crippen molar-refractivity contribution in [2.45, 2.75) is 38.0 Å². The van der Waals surface area contributed by atoms with Crippen LogP contribution in [0.25, 0.3) is 0 Å². The zero-order valence-electron chi connectivity index (χ0n) is 19.4. The summed E-state index contributed by atoms with van der Waals surface area (Å²) in [6.45, 7) is 2.80. The molecule has 3 aromatic rings. The maximum Gasteiger partial charge on any atom is 0.242 e. The molecular formula is C24H27F2N7O2. The molecule has 1 N–H and O–H groups in total. The van der Waals surface area contributed by atoms with Crippen LogP contribution in [0.5, 0.6) is 5.88 Å². The lowest BCUT2D eigenvalue weighted by atomic mass is 9.92. The molecule has 2 aromatic heterocycles. The second-order valence-electron chi connectivity index (χ2n) is 9.39. The lowest BCUT2D eigenvalue weighted by molar-refractivity contribution is 0.0782. The summed E-state index contributed by atoms with van der Waals surface area (Å²) >= 11 is 0. The van der Waals surface area contributed by atoms with Gasteiger partial charge in [0.1, 0.15) is 6.10 Å². The number of hydrogen-bond donors (Lipinski definition) is 1. The van der Waals surface area contributed by atoms with Crippen LogP contribution in [-0.4, -0.2) is 57.8 Å². The summed E-state index contributed by atoms with van der Waals surface area (Å²) < 4.78 is 41.4. The Bertz CT molecular complexity index is 1210. The van der Waals surface area contributed by atoms with Crippen LogP contribution in [0.1, 0.15) is 36.8 Å². The number of anilines is 2. The van der Waals surface area contributed by atoms with Crippen molar-refractivity contribution in [1.82, 2.24) is 25.0 Å². The minimum absolute atomic E-state index is 0.141. The summed E-state index contributed by atoms with van der Waals surface area (Å²) in [5.74, 6) is 0.545. The number of rotatable bonds is 5. The molecule has 35 heavy (non-hydrogen) atoms. The van der Waals surface area contributed by atoms with Gasteiger partial charge in [-0.2, -0.15) is 10.1 Å². The van der Waals surface area contributed by atoms with Crippen LogP contribution < -0.4 is 15.0 Å². The van der Waals surface area contributed by atoms with Crippen molar-refractivity contribution in [2.24, 2.45) is 11.8 Å². The molecule has 1 aromatic carbocycles. The zero-order chi connectivity index (χ0) is 23.9. The predicted octanol–water partition coefficient (Wildman–Crippen LogP) is 3.19. The molecule has 9 nitrogen and oxygen atoms in total. The summed E-state index contributed by atoms with van der Waals surface area (Å²) in [5.41, 5.74) is 1.15. The first-order chi connectivity index (χ1) is 17.1. The van der Waals surface area contributed by atoms with Crippen molar-refractivity contribution in [3.63, 3.8) is 0 Å². The first kappa shape index (κ1) is 22.1. The standard InChI is InChI=1S/C24H27F2N7O2/c1-34-19-10-16(11-27-30-19)32-12-14-6-7-15(13-32)21(14)28-24-29-23-22(35-9-3-8-33(23)31-24)17-4-2-5-18(25)20(17)26/h2,4-5,10-11,14-15,21-22H,3,6-9,12-13H2,1H3,(H,28,31)/t14-,15+,21?,22-/m0/s1. The summed E-state index contributed by atoms with van der Waals surface area (Å²) in [7, 11) is 1.59. The molecular weight excluding hydrogens is 456 g/mol. The lowest BCUT2D eigenvalue weighted by Gasteiger charge is -2.39. The van der Waals surface area contributed by atoms with Crippen LogP contribution in [0.4, 0.5) is 20.4 Å². The molecule has 4 atom stereocenters. The number of fused-ring (bicyclic) bond motifs is 3. The van der Waals surface area contributed by atoms with Crippen molar-refractivity contribution in [3.05, 3.63) is 53.5 Å². The Kier molecular flexibility index (Phi) is 5.71. The van der Waals surface area contributed by atoms with Crippen LogP contribution in [0, 0.1) is 23.5 Å². The Morgan fingerprint density at radius 3 is 2.80 bits per heavy atom. The third kappa shape index (κ3) is 4.07. The Balaban J connectivity index is 1.22. The number of ether oxygens (including phenoxy) is 2. The van der Waals surface area contributed by atoms with Gasteiger partial charge >= 0.3 is 0 Å². The van der Waals surface area contributed by atoms with E-state index in [0.717, 1.165) is 44.1 Å². The van der Waals surface area contributed by atoms with Crippen LogP contribution in [0.2, 0.25) is 0 Å². The van der Waals surface area contributed by atoms with Crippen molar-refractivity contribution in [1.29, 1.82) is 0 Å². The zero-order valence-corrected chi connectivity index (χ0v) is 19.4. The van der Waals surface area contributed by atoms with Gasteiger partial charge in [-0.3, -0.25) is 0 Å². The van der Waals surface area contributed by atoms with Crippen LogP contribution in [0.3, 0.4) is 0 Å². The number of aryl methyl sites for hydroxylation is 1. The largest absolute Gasteiger partial charge is 0.480 e. The van der Waals surface area contributed by atoms with E-state index in [4.69, 9.17) is 14.5 Å². The van der Waals surface area contributed by atoms with Gasteiger partial charge < -0.3 is 19.7 Å².